The minimum absolute atomic E-state index is 0.0996. The number of ether oxygens (including phenoxy) is 1. The number of nitrogens with one attached hydrogen (secondary N) is 1. The summed E-state index contributed by atoms with van der Waals surface area (Å²) >= 11 is 6.15. The van der Waals surface area contributed by atoms with Crippen molar-refractivity contribution < 1.29 is 18.7 Å². The van der Waals surface area contributed by atoms with Crippen molar-refractivity contribution in [2.45, 2.75) is 25.8 Å². The third kappa shape index (κ3) is 6.83. The Balaban J connectivity index is 1.56. The van der Waals surface area contributed by atoms with E-state index in [0.29, 0.717) is 46.3 Å². The van der Waals surface area contributed by atoms with E-state index in [4.69, 9.17) is 21.4 Å². The normalized spacial score (nSPS) is 11.6. The summed E-state index contributed by atoms with van der Waals surface area (Å²) < 4.78 is 21.0. The highest BCUT2D eigenvalue weighted by atomic mass is 35.5. The molecule has 0 aliphatic heterocycles. The number of amides is 2. The summed E-state index contributed by atoms with van der Waals surface area (Å²) in [5.74, 6) is -0.188. The Morgan fingerprint density at radius 1 is 1.08 bits per heavy atom. The molecule has 4 rings (SSSR count). The predicted molar refractivity (Wildman–Crippen MR) is 149 cm³/mol. The van der Waals surface area contributed by atoms with Gasteiger partial charge in [0.25, 0.3) is 0 Å². The van der Waals surface area contributed by atoms with Crippen molar-refractivity contribution in [1.29, 1.82) is 0 Å². The zero-order chi connectivity index (χ0) is 27.9. The largest absolute Gasteiger partial charge is 0.497 e. The average molecular weight is 549 g/mol. The van der Waals surface area contributed by atoms with Crippen molar-refractivity contribution in [1.82, 2.24) is 20.0 Å². The lowest BCUT2D eigenvalue weighted by Gasteiger charge is -2.24. The Labute approximate surface area is 232 Å². The lowest BCUT2D eigenvalue weighted by Crippen LogP contribution is -2.41. The summed E-state index contributed by atoms with van der Waals surface area (Å²) in [6.07, 6.45) is 0.416. The summed E-state index contributed by atoms with van der Waals surface area (Å²) in [5, 5.41) is 8.06. The lowest BCUT2D eigenvalue weighted by atomic mass is 10.0. The summed E-state index contributed by atoms with van der Waals surface area (Å²) in [7, 11) is 3.28. The van der Waals surface area contributed by atoms with Crippen LogP contribution in [-0.4, -0.2) is 47.2 Å². The van der Waals surface area contributed by atoms with E-state index in [1.165, 1.54) is 12.1 Å². The molecule has 1 N–H and O–H groups in total. The highest BCUT2D eigenvalue weighted by molar-refractivity contribution is 6.30. The summed E-state index contributed by atoms with van der Waals surface area (Å²) in [6, 6.07) is 21.5. The summed E-state index contributed by atoms with van der Waals surface area (Å²) in [4.78, 5) is 27.6. The van der Waals surface area contributed by atoms with Gasteiger partial charge < -0.3 is 15.0 Å². The summed E-state index contributed by atoms with van der Waals surface area (Å²) in [5.41, 5.74) is 3.37. The van der Waals surface area contributed by atoms with Gasteiger partial charge in [-0.3, -0.25) is 9.59 Å². The van der Waals surface area contributed by atoms with Gasteiger partial charge in [0.1, 0.15) is 17.6 Å². The smallest absolute Gasteiger partial charge is 0.249 e. The molecular weight excluding hydrogens is 519 g/mol. The van der Waals surface area contributed by atoms with Crippen molar-refractivity contribution >= 4 is 23.4 Å². The van der Waals surface area contributed by atoms with Crippen LogP contribution in [0, 0.1) is 5.82 Å². The quantitative estimate of drug-likeness (QED) is 0.279. The number of aryl methyl sites for hydroxylation is 1. The van der Waals surface area contributed by atoms with E-state index in [9.17, 15) is 14.0 Å². The maximum atomic E-state index is 14.0. The number of aromatic nitrogens is 2. The second-order valence-corrected chi connectivity index (χ2v) is 9.49. The monoisotopic (exact) mass is 548 g/mol. The average Bonchev–Trinajstić information content (AvgIpc) is 3.38. The molecule has 39 heavy (non-hydrogen) atoms. The Morgan fingerprint density at radius 2 is 1.82 bits per heavy atom. The summed E-state index contributed by atoms with van der Waals surface area (Å²) in [6.45, 7) is 2.36. The van der Waals surface area contributed by atoms with Gasteiger partial charge in [0.05, 0.1) is 24.2 Å². The van der Waals surface area contributed by atoms with E-state index in [0.717, 1.165) is 5.69 Å². The van der Waals surface area contributed by atoms with Crippen molar-refractivity contribution in [3.05, 3.63) is 101 Å². The topological polar surface area (TPSA) is 76.5 Å². The van der Waals surface area contributed by atoms with Gasteiger partial charge in [-0.25, -0.2) is 9.07 Å². The Bertz CT molecular complexity index is 1450. The molecule has 4 aromatic rings. The maximum absolute atomic E-state index is 14.0. The third-order valence-electron chi connectivity index (χ3n) is 6.39. The molecule has 0 aliphatic carbocycles. The second-order valence-electron chi connectivity index (χ2n) is 9.05. The molecule has 7 nitrogen and oxygen atoms in total. The molecule has 0 saturated heterocycles. The molecule has 0 bridgehead atoms. The van der Waals surface area contributed by atoms with Crippen molar-refractivity contribution in [2.75, 3.05) is 20.7 Å². The molecule has 3 aromatic carbocycles. The fraction of sp³-hybridized carbons (Fsp3) is 0.233. The van der Waals surface area contributed by atoms with Gasteiger partial charge in [-0.1, -0.05) is 35.9 Å². The van der Waals surface area contributed by atoms with Gasteiger partial charge in [0, 0.05) is 37.0 Å². The molecule has 1 atom stereocenters. The first kappa shape index (κ1) is 27.9. The number of carbonyl (C=O) groups excluding carboxylic acids is 2. The molecule has 1 unspecified atom stereocenters. The van der Waals surface area contributed by atoms with E-state index in [1.807, 2.05) is 43.3 Å². The molecule has 0 radical (unpaired) electrons. The molecule has 202 valence electrons. The zero-order valence-corrected chi connectivity index (χ0v) is 22.8. The minimum atomic E-state index is -0.860. The van der Waals surface area contributed by atoms with Gasteiger partial charge in [0.2, 0.25) is 11.8 Å². The highest BCUT2D eigenvalue weighted by Crippen LogP contribution is 2.27. The molecule has 0 fully saturated rings. The first-order valence-corrected chi connectivity index (χ1v) is 13.0. The molecule has 0 aliphatic rings. The van der Waals surface area contributed by atoms with Gasteiger partial charge in [-0.2, -0.15) is 5.10 Å². The van der Waals surface area contributed by atoms with Gasteiger partial charge in [-0.05, 0) is 67.1 Å². The number of hydrogen-bond donors (Lipinski definition) is 1. The molecule has 1 heterocycles. The van der Waals surface area contributed by atoms with Crippen LogP contribution in [0.2, 0.25) is 5.02 Å². The first-order valence-electron chi connectivity index (χ1n) is 12.6. The minimum Gasteiger partial charge on any atom is -0.497 e. The fourth-order valence-corrected chi connectivity index (χ4v) is 4.35. The number of methoxy groups -OCH3 is 1. The van der Waals surface area contributed by atoms with Crippen molar-refractivity contribution in [3.63, 3.8) is 0 Å². The number of rotatable bonds is 10. The fourth-order valence-electron chi connectivity index (χ4n) is 4.15. The van der Waals surface area contributed by atoms with Gasteiger partial charge in [-0.15, -0.1) is 0 Å². The van der Waals surface area contributed by atoms with Crippen molar-refractivity contribution in [2.24, 2.45) is 0 Å². The van der Waals surface area contributed by atoms with Crippen LogP contribution in [0.3, 0.4) is 0 Å². The van der Waals surface area contributed by atoms with Gasteiger partial charge in [0.15, 0.2) is 0 Å². The van der Waals surface area contributed by atoms with Crippen LogP contribution in [0.25, 0.3) is 16.9 Å². The molecule has 2 amide bonds. The van der Waals surface area contributed by atoms with E-state index >= 15 is 0 Å². The number of halogens is 2. The molecular formula is C30H30ClFN4O3. The molecule has 9 heteroatoms. The molecule has 0 spiro atoms. The number of hydrogen-bond acceptors (Lipinski definition) is 4. The van der Waals surface area contributed by atoms with E-state index in [2.05, 4.69) is 5.32 Å². The first-order chi connectivity index (χ1) is 18.8. The SMILES string of the molecule is CCN(C)C(=O)C(NC(=O)CCc1cc(-c2cccc(F)c2)n(-c2ccc(OC)cc2)n1)c1cccc(Cl)c1. The predicted octanol–water partition coefficient (Wildman–Crippen LogP) is 5.61. The standard InChI is InChI=1S/C30H30ClFN4O3/c1-4-35(2)30(38)29(21-8-5-9-22(31)17-21)33-28(37)16-11-24-19-27(20-7-6-10-23(32)18-20)36(34-24)25-12-14-26(39-3)15-13-25/h5-10,12-15,17-19,29H,4,11,16H2,1-3H3,(H,33,37). The Kier molecular flexibility index (Phi) is 8.99. The van der Waals surface area contributed by atoms with Crippen LogP contribution in [0.5, 0.6) is 5.75 Å². The maximum Gasteiger partial charge on any atom is 0.249 e. The van der Waals surface area contributed by atoms with E-state index in [1.54, 1.807) is 54.1 Å². The zero-order valence-electron chi connectivity index (χ0n) is 22.0. The number of nitrogens with zero attached hydrogens (tertiary/aromatic N) is 3. The third-order valence-corrected chi connectivity index (χ3v) is 6.63. The van der Waals surface area contributed by atoms with Crippen LogP contribution in [0.4, 0.5) is 4.39 Å². The van der Waals surface area contributed by atoms with Crippen LogP contribution in [-0.2, 0) is 16.0 Å². The van der Waals surface area contributed by atoms with Crippen LogP contribution >= 0.6 is 11.6 Å². The van der Waals surface area contributed by atoms with E-state index in [-0.39, 0.29) is 24.1 Å². The highest BCUT2D eigenvalue weighted by Gasteiger charge is 2.25. The Morgan fingerprint density at radius 3 is 2.49 bits per heavy atom. The molecule has 0 saturated carbocycles. The van der Waals surface area contributed by atoms with Crippen LogP contribution < -0.4 is 10.1 Å². The number of likely N-dealkylation sites (N-methyl/N-ethyl adjacent to an activating group) is 1. The number of benzene rings is 3. The molecule has 1 aromatic heterocycles. The lowest BCUT2D eigenvalue weighted by molar-refractivity contribution is -0.135. The van der Waals surface area contributed by atoms with Crippen molar-refractivity contribution in [3.8, 4) is 22.7 Å². The van der Waals surface area contributed by atoms with Gasteiger partial charge >= 0.3 is 0 Å². The van der Waals surface area contributed by atoms with E-state index < -0.39 is 6.04 Å². The van der Waals surface area contributed by atoms with Crippen LogP contribution in [0.1, 0.15) is 30.6 Å². The number of carbonyl (C=O) groups is 2. The Hall–Kier alpha value is -4.17. The second kappa shape index (κ2) is 12.6. The van der Waals surface area contributed by atoms with Crippen LogP contribution in [0.15, 0.2) is 78.9 Å².